The fraction of sp³-hybridized carbons (Fsp3) is 0.294. The summed E-state index contributed by atoms with van der Waals surface area (Å²) in [5, 5.41) is 20.2. The molecule has 4 nitrogen and oxygen atoms in total. The third kappa shape index (κ3) is 4.66. The number of carbonyl (C=O) groups is 1. The zero-order chi connectivity index (χ0) is 15.9. The van der Waals surface area contributed by atoms with Crippen molar-refractivity contribution in [2.24, 2.45) is 0 Å². The molecule has 0 amide bonds. The van der Waals surface area contributed by atoms with Crippen LogP contribution >= 0.6 is 11.8 Å². The maximum Gasteiger partial charge on any atom is 0.185 e. The summed E-state index contributed by atoms with van der Waals surface area (Å²) in [5.74, 6) is 0.500. The number of rotatable bonds is 6. The van der Waals surface area contributed by atoms with Crippen molar-refractivity contribution in [2.75, 3.05) is 5.75 Å². The molecule has 0 saturated carbocycles. The lowest BCUT2D eigenvalue weighted by Gasteiger charge is -2.18. The van der Waals surface area contributed by atoms with Crippen LogP contribution in [-0.4, -0.2) is 32.2 Å². The Balaban J connectivity index is 1.99. The third-order valence-corrected chi connectivity index (χ3v) is 4.14. The lowest BCUT2D eigenvalue weighted by atomic mass is 10.0. The molecule has 22 heavy (non-hydrogen) atoms. The van der Waals surface area contributed by atoms with Crippen LogP contribution in [0.3, 0.4) is 0 Å². The van der Waals surface area contributed by atoms with Gasteiger partial charge < -0.3 is 10.2 Å². The topological polar surface area (TPSA) is 70.4 Å². The van der Waals surface area contributed by atoms with Crippen LogP contribution in [0.25, 0.3) is 11.3 Å². The summed E-state index contributed by atoms with van der Waals surface area (Å²) in [6.45, 7) is 1.49. The molecule has 2 rings (SSSR count). The molecule has 1 heterocycles. The number of pyridine rings is 1. The monoisotopic (exact) mass is 317 g/mol. The highest BCUT2D eigenvalue weighted by Crippen LogP contribution is 2.24. The standard InChI is InChI=1S/C17H19NO3S/c1-12(19)22-11-9-16(20)17(21)14-7-5-13(6-8-14)15-4-2-3-10-18-15/h2-8,10,16-17,20-21H,9,11H2,1H3. The van der Waals surface area contributed by atoms with Gasteiger partial charge in [0.1, 0.15) is 6.10 Å². The number of aliphatic hydroxyl groups is 2. The van der Waals surface area contributed by atoms with Crippen LogP contribution in [-0.2, 0) is 4.79 Å². The van der Waals surface area contributed by atoms with Gasteiger partial charge in [-0.25, -0.2) is 0 Å². The highest BCUT2D eigenvalue weighted by molar-refractivity contribution is 8.13. The van der Waals surface area contributed by atoms with Gasteiger partial charge in [0.25, 0.3) is 0 Å². The van der Waals surface area contributed by atoms with Gasteiger partial charge in [-0.1, -0.05) is 42.1 Å². The zero-order valence-electron chi connectivity index (χ0n) is 12.3. The highest BCUT2D eigenvalue weighted by Gasteiger charge is 2.18. The number of hydrogen-bond donors (Lipinski definition) is 2. The first-order valence-electron chi connectivity index (χ1n) is 7.09. The Bertz CT molecular complexity index is 601. The summed E-state index contributed by atoms with van der Waals surface area (Å²) >= 11 is 1.15. The van der Waals surface area contributed by atoms with E-state index in [9.17, 15) is 15.0 Å². The molecular weight excluding hydrogens is 298 g/mol. The molecule has 0 aliphatic carbocycles. The molecule has 2 N–H and O–H groups in total. The van der Waals surface area contributed by atoms with Crippen LogP contribution in [0, 0.1) is 0 Å². The van der Waals surface area contributed by atoms with Gasteiger partial charge in [0.2, 0.25) is 0 Å². The molecule has 0 saturated heterocycles. The Kier molecular flexibility index (Phi) is 6.12. The van der Waals surface area contributed by atoms with E-state index in [0.717, 1.165) is 23.0 Å². The quantitative estimate of drug-likeness (QED) is 0.857. The minimum Gasteiger partial charge on any atom is -0.390 e. The Morgan fingerprint density at radius 1 is 1.18 bits per heavy atom. The van der Waals surface area contributed by atoms with Crippen LogP contribution in [0.2, 0.25) is 0 Å². The maximum absolute atomic E-state index is 10.9. The molecule has 0 fully saturated rings. The van der Waals surface area contributed by atoms with Crippen molar-refractivity contribution in [2.45, 2.75) is 25.6 Å². The van der Waals surface area contributed by atoms with E-state index in [4.69, 9.17) is 0 Å². The molecule has 0 spiro atoms. The van der Waals surface area contributed by atoms with E-state index in [0.29, 0.717) is 17.7 Å². The number of benzene rings is 1. The largest absolute Gasteiger partial charge is 0.390 e. The maximum atomic E-state index is 10.9. The van der Waals surface area contributed by atoms with Gasteiger partial charge in [-0.15, -0.1) is 0 Å². The van der Waals surface area contributed by atoms with Gasteiger partial charge in [-0.2, -0.15) is 0 Å². The summed E-state index contributed by atoms with van der Waals surface area (Å²) < 4.78 is 0. The molecule has 5 heteroatoms. The molecule has 116 valence electrons. The van der Waals surface area contributed by atoms with Crippen molar-refractivity contribution in [3.63, 3.8) is 0 Å². The second-order valence-corrected chi connectivity index (χ2v) is 6.25. The normalized spacial score (nSPS) is 13.6. The van der Waals surface area contributed by atoms with Crippen LogP contribution < -0.4 is 0 Å². The minimum atomic E-state index is -0.953. The van der Waals surface area contributed by atoms with E-state index in [2.05, 4.69) is 4.98 Å². The molecule has 1 aromatic heterocycles. The molecule has 2 atom stereocenters. The number of hydrogen-bond acceptors (Lipinski definition) is 5. The van der Waals surface area contributed by atoms with Gasteiger partial charge in [0, 0.05) is 24.4 Å². The molecule has 0 aliphatic rings. The average molecular weight is 317 g/mol. The van der Waals surface area contributed by atoms with E-state index in [1.807, 2.05) is 30.3 Å². The van der Waals surface area contributed by atoms with Gasteiger partial charge in [-0.3, -0.25) is 9.78 Å². The van der Waals surface area contributed by atoms with E-state index < -0.39 is 12.2 Å². The number of carbonyl (C=O) groups excluding carboxylic acids is 1. The van der Waals surface area contributed by atoms with Crippen LogP contribution in [0.4, 0.5) is 0 Å². The fourth-order valence-corrected chi connectivity index (χ4v) is 2.73. The van der Waals surface area contributed by atoms with Crippen LogP contribution in [0.1, 0.15) is 25.0 Å². The summed E-state index contributed by atoms with van der Waals surface area (Å²) in [6.07, 6.45) is 0.264. The van der Waals surface area contributed by atoms with E-state index in [1.165, 1.54) is 6.92 Å². The third-order valence-electron chi connectivity index (χ3n) is 3.30. The second-order valence-electron chi connectivity index (χ2n) is 4.98. The Morgan fingerprint density at radius 2 is 1.91 bits per heavy atom. The lowest BCUT2D eigenvalue weighted by molar-refractivity contribution is -0.109. The molecule has 0 aliphatic heterocycles. The summed E-state index contributed by atoms with van der Waals surface area (Å²) in [5.41, 5.74) is 2.47. The molecule has 2 aromatic rings. The Hall–Kier alpha value is -1.69. The average Bonchev–Trinajstić information content (AvgIpc) is 2.54. The van der Waals surface area contributed by atoms with Gasteiger partial charge in [0.15, 0.2) is 5.12 Å². The Labute approximate surface area is 134 Å². The molecule has 0 radical (unpaired) electrons. The minimum absolute atomic E-state index is 0.0152. The number of nitrogens with zero attached hydrogens (tertiary/aromatic N) is 1. The summed E-state index contributed by atoms with van der Waals surface area (Å²) in [4.78, 5) is 15.1. The zero-order valence-corrected chi connectivity index (χ0v) is 13.2. The smallest absolute Gasteiger partial charge is 0.185 e. The van der Waals surface area contributed by atoms with Crippen molar-refractivity contribution in [1.82, 2.24) is 4.98 Å². The van der Waals surface area contributed by atoms with Crippen molar-refractivity contribution in [3.8, 4) is 11.3 Å². The fourth-order valence-electron chi connectivity index (χ4n) is 2.09. The molecule has 0 bridgehead atoms. The van der Waals surface area contributed by atoms with Crippen molar-refractivity contribution < 1.29 is 15.0 Å². The first-order chi connectivity index (χ1) is 10.6. The van der Waals surface area contributed by atoms with Gasteiger partial charge in [0.05, 0.1) is 11.8 Å². The van der Waals surface area contributed by atoms with E-state index in [-0.39, 0.29) is 5.12 Å². The molecule has 2 unspecified atom stereocenters. The SMILES string of the molecule is CC(=O)SCCC(O)C(O)c1ccc(-c2ccccn2)cc1. The van der Waals surface area contributed by atoms with Crippen molar-refractivity contribution in [3.05, 3.63) is 54.2 Å². The summed E-state index contributed by atoms with van der Waals surface area (Å²) in [7, 11) is 0. The van der Waals surface area contributed by atoms with E-state index in [1.54, 1.807) is 18.3 Å². The first-order valence-corrected chi connectivity index (χ1v) is 8.07. The highest BCUT2D eigenvalue weighted by atomic mass is 32.2. The number of aromatic nitrogens is 1. The van der Waals surface area contributed by atoms with Crippen LogP contribution in [0.15, 0.2) is 48.7 Å². The van der Waals surface area contributed by atoms with Crippen LogP contribution in [0.5, 0.6) is 0 Å². The Morgan fingerprint density at radius 3 is 2.50 bits per heavy atom. The first kappa shape index (κ1) is 16.7. The van der Waals surface area contributed by atoms with Crippen molar-refractivity contribution in [1.29, 1.82) is 0 Å². The summed E-state index contributed by atoms with van der Waals surface area (Å²) in [6, 6.07) is 13.0. The van der Waals surface area contributed by atoms with Gasteiger partial charge >= 0.3 is 0 Å². The number of aliphatic hydroxyl groups excluding tert-OH is 2. The molecule has 1 aromatic carbocycles. The van der Waals surface area contributed by atoms with Gasteiger partial charge in [-0.05, 0) is 24.1 Å². The molecular formula is C17H19NO3S. The lowest BCUT2D eigenvalue weighted by Crippen LogP contribution is -2.19. The second kappa shape index (κ2) is 8.08. The van der Waals surface area contributed by atoms with Crippen molar-refractivity contribution >= 4 is 16.9 Å². The predicted molar refractivity (Wildman–Crippen MR) is 88.4 cm³/mol. The predicted octanol–water partition coefficient (Wildman–Crippen LogP) is 2.81. The number of thioether (sulfide) groups is 1. The van der Waals surface area contributed by atoms with E-state index >= 15 is 0 Å².